The minimum atomic E-state index is 0.391. The highest BCUT2D eigenvalue weighted by molar-refractivity contribution is 5.39. The Kier molecular flexibility index (Phi) is 4.42. The molecule has 1 spiro atoms. The van der Waals surface area contributed by atoms with Crippen molar-refractivity contribution >= 4 is 5.82 Å². The van der Waals surface area contributed by atoms with Gasteiger partial charge >= 0.3 is 0 Å². The lowest BCUT2D eigenvalue weighted by Crippen LogP contribution is -2.45. The molecule has 0 bridgehead atoms. The van der Waals surface area contributed by atoms with Gasteiger partial charge in [-0.15, -0.1) is 0 Å². The predicted molar refractivity (Wildman–Crippen MR) is 99.2 cm³/mol. The Hall–Kier alpha value is -2.38. The first-order valence-electron chi connectivity index (χ1n) is 9.14. The Labute approximate surface area is 149 Å². The molecule has 2 saturated heterocycles. The standard InChI is InChI=1S/C21H24N4/c22-14-18-5-3-6-19(13-18)15-24-12-9-21(16-24)8-4-11-25(17-21)20-7-1-2-10-23-20/h1-3,5-7,10,13H,4,8-9,11-12,15-17H2/t21-/m1/s1. The van der Waals surface area contributed by atoms with Crippen molar-refractivity contribution in [1.82, 2.24) is 9.88 Å². The van der Waals surface area contributed by atoms with Crippen molar-refractivity contribution in [2.24, 2.45) is 5.41 Å². The van der Waals surface area contributed by atoms with Gasteiger partial charge in [-0.3, -0.25) is 4.90 Å². The average Bonchev–Trinajstić information content (AvgIpc) is 3.04. The van der Waals surface area contributed by atoms with Crippen LogP contribution in [0.1, 0.15) is 30.4 Å². The lowest BCUT2D eigenvalue weighted by atomic mass is 9.79. The number of aromatic nitrogens is 1. The Bertz CT molecular complexity index is 767. The largest absolute Gasteiger partial charge is 0.356 e. The summed E-state index contributed by atoms with van der Waals surface area (Å²) in [6.07, 6.45) is 5.70. The smallest absolute Gasteiger partial charge is 0.128 e. The number of pyridine rings is 1. The fourth-order valence-corrected chi connectivity index (χ4v) is 4.44. The van der Waals surface area contributed by atoms with Gasteiger partial charge in [-0.1, -0.05) is 18.2 Å². The first kappa shape index (κ1) is 16.1. The van der Waals surface area contributed by atoms with Gasteiger partial charge in [0.15, 0.2) is 0 Å². The van der Waals surface area contributed by atoms with Gasteiger partial charge in [-0.05, 0) is 55.6 Å². The van der Waals surface area contributed by atoms with Crippen LogP contribution in [-0.4, -0.2) is 36.1 Å². The molecule has 2 aliphatic heterocycles. The van der Waals surface area contributed by atoms with Crippen LogP contribution in [0.4, 0.5) is 5.82 Å². The molecule has 0 N–H and O–H groups in total. The van der Waals surface area contributed by atoms with E-state index in [0.29, 0.717) is 5.41 Å². The summed E-state index contributed by atoms with van der Waals surface area (Å²) < 4.78 is 0. The van der Waals surface area contributed by atoms with E-state index in [1.165, 1.54) is 24.8 Å². The number of benzene rings is 1. The third-order valence-electron chi connectivity index (χ3n) is 5.61. The third-order valence-corrected chi connectivity index (χ3v) is 5.61. The molecule has 3 heterocycles. The molecule has 25 heavy (non-hydrogen) atoms. The number of likely N-dealkylation sites (tertiary alicyclic amines) is 1. The van der Waals surface area contributed by atoms with Crippen molar-refractivity contribution in [3.8, 4) is 6.07 Å². The van der Waals surface area contributed by atoms with Crippen LogP contribution in [0.3, 0.4) is 0 Å². The maximum Gasteiger partial charge on any atom is 0.128 e. The molecule has 1 aromatic heterocycles. The minimum absolute atomic E-state index is 0.391. The Morgan fingerprint density at radius 3 is 2.88 bits per heavy atom. The van der Waals surface area contributed by atoms with Crippen molar-refractivity contribution in [3.63, 3.8) is 0 Å². The van der Waals surface area contributed by atoms with E-state index in [1.54, 1.807) is 0 Å². The first-order valence-corrected chi connectivity index (χ1v) is 9.14. The first-order chi connectivity index (χ1) is 12.3. The molecule has 2 aromatic rings. The molecule has 4 nitrogen and oxygen atoms in total. The average molecular weight is 332 g/mol. The maximum absolute atomic E-state index is 9.08. The van der Waals surface area contributed by atoms with Gasteiger partial charge < -0.3 is 4.90 Å². The van der Waals surface area contributed by atoms with Crippen LogP contribution < -0.4 is 4.90 Å². The predicted octanol–water partition coefficient (Wildman–Crippen LogP) is 3.45. The summed E-state index contributed by atoms with van der Waals surface area (Å²) in [5, 5.41) is 9.08. The van der Waals surface area contributed by atoms with E-state index in [4.69, 9.17) is 5.26 Å². The molecule has 1 atom stereocenters. The number of nitriles is 1. The molecule has 1 aromatic carbocycles. The normalized spacial score (nSPS) is 23.7. The summed E-state index contributed by atoms with van der Waals surface area (Å²) in [7, 11) is 0. The lowest BCUT2D eigenvalue weighted by Gasteiger charge is -2.41. The summed E-state index contributed by atoms with van der Waals surface area (Å²) in [4.78, 5) is 9.56. The van der Waals surface area contributed by atoms with E-state index in [2.05, 4.69) is 39.1 Å². The van der Waals surface area contributed by atoms with Gasteiger partial charge in [0.05, 0.1) is 11.6 Å². The molecule has 0 radical (unpaired) electrons. The highest BCUT2D eigenvalue weighted by Crippen LogP contribution is 2.40. The Balaban J connectivity index is 1.43. The van der Waals surface area contributed by atoms with E-state index in [-0.39, 0.29) is 0 Å². The molecular weight excluding hydrogens is 308 g/mol. The molecule has 2 fully saturated rings. The number of anilines is 1. The van der Waals surface area contributed by atoms with Crippen molar-refractivity contribution in [2.45, 2.75) is 25.8 Å². The molecule has 4 heteroatoms. The molecule has 0 saturated carbocycles. The van der Waals surface area contributed by atoms with Crippen LogP contribution in [0, 0.1) is 16.7 Å². The second kappa shape index (κ2) is 6.85. The molecular formula is C21H24N4. The van der Waals surface area contributed by atoms with Gasteiger partial charge in [0.2, 0.25) is 0 Å². The van der Waals surface area contributed by atoms with E-state index in [0.717, 1.165) is 44.1 Å². The van der Waals surface area contributed by atoms with E-state index in [1.807, 2.05) is 30.5 Å². The van der Waals surface area contributed by atoms with Gasteiger partial charge in [-0.25, -0.2) is 4.98 Å². The summed E-state index contributed by atoms with van der Waals surface area (Å²) in [6.45, 7) is 5.46. The number of piperidine rings is 1. The van der Waals surface area contributed by atoms with Gasteiger partial charge in [0.25, 0.3) is 0 Å². The van der Waals surface area contributed by atoms with E-state index >= 15 is 0 Å². The monoisotopic (exact) mass is 332 g/mol. The number of hydrogen-bond acceptors (Lipinski definition) is 4. The number of hydrogen-bond donors (Lipinski definition) is 0. The van der Waals surface area contributed by atoms with Gasteiger partial charge in [0, 0.05) is 37.8 Å². The molecule has 0 aliphatic carbocycles. The van der Waals surface area contributed by atoms with E-state index in [9.17, 15) is 0 Å². The highest BCUT2D eigenvalue weighted by atomic mass is 15.2. The van der Waals surface area contributed by atoms with Crippen LogP contribution in [0.5, 0.6) is 0 Å². The maximum atomic E-state index is 9.08. The fraction of sp³-hybridized carbons (Fsp3) is 0.429. The lowest BCUT2D eigenvalue weighted by molar-refractivity contribution is 0.216. The quantitative estimate of drug-likeness (QED) is 0.863. The molecule has 0 amide bonds. The SMILES string of the molecule is N#Cc1cccc(CN2CC[C@]3(CCCN(c4ccccn4)C3)C2)c1. The van der Waals surface area contributed by atoms with Gasteiger partial charge in [0.1, 0.15) is 5.82 Å². The zero-order chi connectivity index (χ0) is 17.1. The summed E-state index contributed by atoms with van der Waals surface area (Å²) in [5.41, 5.74) is 2.39. The second-order valence-electron chi connectivity index (χ2n) is 7.49. The van der Waals surface area contributed by atoms with Crippen molar-refractivity contribution < 1.29 is 0 Å². The number of nitrogens with zero attached hydrogens (tertiary/aromatic N) is 4. The third kappa shape index (κ3) is 3.52. The van der Waals surface area contributed by atoms with Crippen molar-refractivity contribution in [1.29, 1.82) is 5.26 Å². The summed E-state index contributed by atoms with van der Waals surface area (Å²) >= 11 is 0. The van der Waals surface area contributed by atoms with Gasteiger partial charge in [-0.2, -0.15) is 5.26 Å². The van der Waals surface area contributed by atoms with Crippen LogP contribution in [0.25, 0.3) is 0 Å². The highest BCUT2D eigenvalue weighted by Gasteiger charge is 2.41. The van der Waals surface area contributed by atoms with Crippen LogP contribution >= 0.6 is 0 Å². The van der Waals surface area contributed by atoms with Crippen molar-refractivity contribution in [2.75, 3.05) is 31.1 Å². The molecule has 128 valence electrons. The summed E-state index contributed by atoms with van der Waals surface area (Å²) in [6, 6.07) is 16.4. The van der Waals surface area contributed by atoms with Crippen molar-refractivity contribution in [3.05, 3.63) is 59.8 Å². The Morgan fingerprint density at radius 2 is 2.04 bits per heavy atom. The summed E-state index contributed by atoms with van der Waals surface area (Å²) in [5.74, 6) is 1.11. The number of rotatable bonds is 3. The van der Waals surface area contributed by atoms with Crippen LogP contribution in [0.15, 0.2) is 48.7 Å². The topological polar surface area (TPSA) is 43.2 Å². The van der Waals surface area contributed by atoms with E-state index < -0.39 is 0 Å². The zero-order valence-electron chi connectivity index (χ0n) is 14.6. The molecule has 2 aliphatic rings. The molecule has 4 rings (SSSR count). The minimum Gasteiger partial charge on any atom is -0.356 e. The zero-order valence-corrected chi connectivity index (χ0v) is 14.6. The van der Waals surface area contributed by atoms with Crippen LogP contribution in [0.2, 0.25) is 0 Å². The van der Waals surface area contributed by atoms with Crippen LogP contribution in [-0.2, 0) is 6.54 Å². The molecule has 0 unspecified atom stereocenters. The fourth-order valence-electron chi connectivity index (χ4n) is 4.44. The Morgan fingerprint density at radius 1 is 1.08 bits per heavy atom. The second-order valence-corrected chi connectivity index (χ2v) is 7.49.